The Kier molecular flexibility index (Phi) is 12.3. The number of nitrogens with zero attached hydrogens (tertiary/aromatic N) is 1. The summed E-state index contributed by atoms with van der Waals surface area (Å²) in [5.41, 5.74) is 2.01. The molecule has 6 atom stereocenters. The van der Waals surface area contributed by atoms with Crippen LogP contribution >= 0.6 is 16.3 Å². The lowest BCUT2D eigenvalue weighted by Gasteiger charge is -2.50. The van der Waals surface area contributed by atoms with Gasteiger partial charge in [0.25, 0.3) is 0 Å². The molecular weight excluding hydrogens is 736 g/mol. The predicted molar refractivity (Wildman–Crippen MR) is 225 cm³/mol. The molecular formula is C47H48NO6P2+. The van der Waals surface area contributed by atoms with E-state index in [4.69, 9.17) is 28.0 Å². The van der Waals surface area contributed by atoms with Crippen LogP contribution in [-0.4, -0.2) is 62.9 Å². The summed E-state index contributed by atoms with van der Waals surface area (Å²) >= 11 is 0. The fraction of sp³-hybridized carbons (Fsp3) is 0.234. The van der Waals surface area contributed by atoms with Gasteiger partial charge in [-0.05, 0) is 12.1 Å². The van der Waals surface area contributed by atoms with Crippen molar-refractivity contribution in [1.29, 1.82) is 0 Å². The number of quaternary nitrogens is 1. The summed E-state index contributed by atoms with van der Waals surface area (Å²) in [4.78, 5) is 0. The Morgan fingerprint density at radius 3 is 1.48 bits per heavy atom. The highest BCUT2D eigenvalue weighted by molar-refractivity contribution is 7.69. The molecule has 6 aromatic rings. The summed E-state index contributed by atoms with van der Waals surface area (Å²) in [5, 5.41) is 4.31. The van der Waals surface area contributed by atoms with Gasteiger partial charge in [0.15, 0.2) is 12.4 Å². The maximum Gasteiger partial charge on any atom is 0.229 e. The number of rotatable bonds is 13. The molecule has 0 saturated carbocycles. The van der Waals surface area contributed by atoms with Crippen LogP contribution in [0.5, 0.6) is 5.75 Å². The lowest BCUT2D eigenvalue weighted by molar-refractivity contribution is -0.884. The standard InChI is InChI=1S/C47H48NO6P2/c1-48(2,3)33-36-23-19-20-32-41(36)50-47-45(54-56(39-28-15-7-16-29-39)40-30-17-8-18-31-40)44(43-42(51-47)34-49-46(52-43)35-21-9-4-10-22-35)53-55(37-24-11-5-12-25-37)38-26-13-6-14-27-38/h4-32,42-47H,33-34H2,1-3H3/q+1/t42-,43-,44+,45-,46-,47-/m1/s1. The van der Waals surface area contributed by atoms with E-state index < -0.39 is 53.3 Å². The van der Waals surface area contributed by atoms with E-state index in [1.807, 2.05) is 66.7 Å². The highest BCUT2D eigenvalue weighted by Crippen LogP contribution is 2.48. The molecule has 0 N–H and O–H groups in total. The van der Waals surface area contributed by atoms with Gasteiger partial charge in [-0.3, -0.25) is 0 Å². The van der Waals surface area contributed by atoms with E-state index in [1.165, 1.54) is 0 Å². The van der Waals surface area contributed by atoms with Gasteiger partial charge in [0.1, 0.15) is 30.6 Å². The van der Waals surface area contributed by atoms with Crippen LogP contribution in [0.15, 0.2) is 176 Å². The van der Waals surface area contributed by atoms with Crippen LogP contribution < -0.4 is 26.0 Å². The number of fused-ring (bicyclic) bond motifs is 1. The zero-order valence-electron chi connectivity index (χ0n) is 31.9. The van der Waals surface area contributed by atoms with Gasteiger partial charge in [0.2, 0.25) is 6.29 Å². The van der Waals surface area contributed by atoms with Crippen molar-refractivity contribution in [2.24, 2.45) is 0 Å². The number of benzene rings is 6. The van der Waals surface area contributed by atoms with Crippen molar-refractivity contribution in [3.05, 3.63) is 187 Å². The van der Waals surface area contributed by atoms with Gasteiger partial charge in [-0.2, -0.15) is 0 Å². The van der Waals surface area contributed by atoms with E-state index in [9.17, 15) is 0 Å². The predicted octanol–water partition coefficient (Wildman–Crippen LogP) is 7.98. The normalized spacial score (nSPS) is 22.4. The highest BCUT2D eigenvalue weighted by atomic mass is 31.1. The molecule has 0 spiro atoms. The quantitative estimate of drug-likeness (QED) is 0.0876. The molecule has 0 unspecified atom stereocenters. The zero-order chi connectivity index (χ0) is 38.3. The molecule has 0 aromatic heterocycles. The molecule has 56 heavy (non-hydrogen) atoms. The summed E-state index contributed by atoms with van der Waals surface area (Å²) < 4.78 is 43.3. The molecule has 2 heterocycles. The maximum atomic E-state index is 7.59. The van der Waals surface area contributed by atoms with Crippen molar-refractivity contribution in [2.75, 3.05) is 27.7 Å². The molecule has 0 bridgehead atoms. The van der Waals surface area contributed by atoms with Crippen LogP contribution in [0.2, 0.25) is 0 Å². The molecule has 286 valence electrons. The van der Waals surface area contributed by atoms with E-state index in [-0.39, 0.29) is 6.61 Å². The van der Waals surface area contributed by atoms with Gasteiger partial charge >= 0.3 is 0 Å². The minimum absolute atomic E-state index is 0.290. The summed E-state index contributed by atoms with van der Waals surface area (Å²) in [6.45, 7) is 1.05. The highest BCUT2D eigenvalue weighted by Gasteiger charge is 2.54. The Bertz CT molecular complexity index is 2030. The van der Waals surface area contributed by atoms with Crippen molar-refractivity contribution in [3.63, 3.8) is 0 Å². The van der Waals surface area contributed by atoms with Gasteiger partial charge in [-0.15, -0.1) is 0 Å². The SMILES string of the molecule is C[N+](C)(C)Cc1ccccc1O[C@@H]1O[C@@H]2CO[C@@H](c3ccccc3)O[C@H]2[C@H](OP(c2ccccc2)c2ccccc2)[C@H]1OP(c1ccccc1)c1ccccc1. The topological polar surface area (TPSA) is 55.4 Å². The molecule has 8 rings (SSSR count). The largest absolute Gasteiger partial charge is 0.461 e. The molecule has 0 radical (unpaired) electrons. The van der Waals surface area contributed by atoms with Crippen molar-refractivity contribution in [3.8, 4) is 5.75 Å². The van der Waals surface area contributed by atoms with Crippen molar-refractivity contribution >= 4 is 37.5 Å². The van der Waals surface area contributed by atoms with E-state index in [1.54, 1.807) is 0 Å². The van der Waals surface area contributed by atoms with Gasteiger partial charge < -0.3 is 32.5 Å². The average molecular weight is 785 g/mol. The number of hydrogen-bond acceptors (Lipinski definition) is 6. The molecule has 2 fully saturated rings. The Morgan fingerprint density at radius 1 is 0.536 bits per heavy atom. The monoisotopic (exact) mass is 784 g/mol. The first kappa shape index (κ1) is 38.6. The Hall–Kier alpha value is -4.26. The van der Waals surface area contributed by atoms with Crippen LogP contribution in [-0.2, 0) is 29.8 Å². The Balaban J connectivity index is 1.27. The first-order chi connectivity index (χ1) is 27.4. The van der Waals surface area contributed by atoms with Gasteiger partial charge in [0, 0.05) is 32.3 Å². The minimum Gasteiger partial charge on any atom is -0.461 e. The molecule has 2 saturated heterocycles. The minimum atomic E-state index is -1.37. The smallest absolute Gasteiger partial charge is 0.229 e. The van der Waals surface area contributed by atoms with Crippen LogP contribution in [0.25, 0.3) is 0 Å². The second-order valence-electron chi connectivity index (χ2n) is 15.0. The molecule has 7 nitrogen and oxygen atoms in total. The summed E-state index contributed by atoms with van der Waals surface area (Å²) in [6, 6.07) is 60.0. The lowest BCUT2D eigenvalue weighted by Crippen LogP contribution is -2.64. The summed E-state index contributed by atoms with van der Waals surface area (Å²) in [6.07, 6.45) is -3.90. The molecule has 9 heteroatoms. The van der Waals surface area contributed by atoms with E-state index in [2.05, 4.69) is 130 Å². The van der Waals surface area contributed by atoms with Crippen molar-refractivity contribution in [2.45, 2.75) is 43.5 Å². The number of para-hydroxylation sites is 1. The molecule has 6 aromatic carbocycles. The van der Waals surface area contributed by atoms with Crippen LogP contribution in [0, 0.1) is 0 Å². The van der Waals surface area contributed by atoms with E-state index >= 15 is 0 Å². The second-order valence-corrected chi connectivity index (χ2v) is 18.6. The van der Waals surface area contributed by atoms with E-state index in [0.717, 1.165) is 49.1 Å². The first-order valence-corrected chi connectivity index (χ1v) is 21.6. The number of hydrogen-bond donors (Lipinski definition) is 0. The molecule has 0 aliphatic carbocycles. The van der Waals surface area contributed by atoms with Crippen LogP contribution in [0.4, 0.5) is 0 Å². The van der Waals surface area contributed by atoms with E-state index in [0.29, 0.717) is 0 Å². The van der Waals surface area contributed by atoms with Gasteiger partial charge in [-0.25, -0.2) is 0 Å². The molecule has 0 amide bonds. The van der Waals surface area contributed by atoms with Crippen molar-refractivity contribution in [1.82, 2.24) is 0 Å². The van der Waals surface area contributed by atoms with Crippen molar-refractivity contribution < 1.29 is 32.5 Å². The lowest BCUT2D eigenvalue weighted by atomic mass is 9.97. The fourth-order valence-corrected chi connectivity index (χ4v) is 10.9. The number of ether oxygens (including phenoxy) is 4. The Labute approximate surface area is 333 Å². The third-order valence-electron chi connectivity index (χ3n) is 9.63. The van der Waals surface area contributed by atoms with Crippen LogP contribution in [0.1, 0.15) is 17.4 Å². The average Bonchev–Trinajstić information content (AvgIpc) is 3.24. The second kappa shape index (κ2) is 17.9. The summed E-state index contributed by atoms with van der Waals surface area (Å²) in [5.74, 6) is 0.744. The Morgan fingerprint density at radius 2 is 0.982 bits per heavy atom. The van der Waals surface area contributed by atoms with Gasteiger partial charge in [0.05, 0.1) is 44.0 Å². The third kappa shape index (κ3) is 9.30. The fourth-order valence-electron chi connectivity index (χ4n) is 7.08. The van der Waals surface area contributed by atoms with Gasteiger partial charge in [-0.1, -0.05) is 164 Å². The third-order valence-corrected chi connectivity index (χ3v) is 13.6. The first-order valence-electron chi connectivity index (χ1n) is 19.1. The molecule has 2 aliphatic rings. The zero-order valence-corrected chi connectivity index (χ0v) is 33.7. The van der Waals surface area contributed by atoms with Crippen LogP contribution in [0.3, 0.4) is 0 Å². The summed E-state index contributed by atoms with van der Waals surface area (Å²) in [7, 11) is 3.82. The maximum absolute atomic E-state index is 7.59. The molecule has 2 aliphatic heterocycles.